The average Bonchev–Trinajstić information content (AvgIpc) is 2.84. The zero-order valence-electron chi connectivity index (χ0n) is 21.2. The molecule has 0 aliphatic carbocycles. The molecule has 0 aliphatic heterocycles. The van der Waals surface area contributed by atoms with Gasteiger partial charge < -0.3 is 10.1 Å². The van der Waals surface area contributed by atoms with E-state index in [9.17, 15) is 22.4 Å². The molecule has 0 spiro atoms. The first-order chi connectivity index (χ1) is 17.5. The third-order valence-electron chi connectivity index (χ3n) is 5.73. The molecule has 2 aromatic carbocycles. The first-order valence-corrected chi connectivity index (χ1v) is 13.2. The summed E-state index contributed by atoms with van der Waals surface area (Å²) in [7, 11) is -2.67. The van der Waals surface area contributed by atoms with Crippen LogP contribution in [-0.4, -0.2) is 38.9 Å². The van der Waals surface area contributed by atoms with Crippen molar-refractivity contribution in [3.05, 3.63) is 77.2 Å². The lowest BCUT2D eigenvalue weighted by atomic mass is 9.88. The van der Waals surface area contributed by atoms with Crippen LogP contribution in [-0.2, 0) is 32.5 Å². The van der Waals surface area contributed by atoms with Gasteiger partial charge in [0, 0.05) is 25.7 Å². The highest BCUT2D eigenvalue weighted by Gasteiger charge is 2.22. The number of halogens is 1. The van der Waals surface area contributed by atoms with E-state index in [1.165, 1.54) is 44.5 Å². The number of methoxy groups -OCH3 is 1. The molecule has 0 saturated heterocycles. The number of amides is 2. The molecular weight excluding hydrogens is 497 g/mol. The Morgan fingerprint density at radius 1 is 1.08 bits per heavy atom. The fraction of sp³-hybridized carbons (Fsp3) is 0.296. The predicted molar refractivity (Wildman–Crippen MR) is 138 cm³/mol. The number of hydrogen-bond acceptors (Lipinski definition) is 6. The zero-order valence-corrected chi connectivity index (χ0v) is 22.0. The summed E-state index contributed by atoms with van der Waals surface area (Å²) < 4.78 is 47.6. The van der Waals surface area contributed by atoms with Gasteiger partial charge >= 0.3 is 0 Å². The SMILES string of the molecule is COc1cc(-c2cc(F)cc(C(C)C)c2CC(=O)NS(=O)(=O)c2ccc(CCNC(C)=O)cc2)ccn1. The average molecular weight is 528 g/mol. The molecule has 37 heavy (non-hydrogen) atoms. The van der Waals surface area contributed by atoms with Crippen LogP contribution in [0.2, 0.25) is 0 Å². The Kier molecular flexibility index (Phi) is 8.99. The lowest BCUT2D eigenvalue weighted by Crippen LogP contribution is -2.32. The van der Waals surface area contributed by atoms with Crippen LogP contribution >= 0.6 is 0 Å². The normalized spacial score (nSPS) is 11.3. The number of nitrogens with one attached hydrogen (secondary N) is 2. The molecule has 0 unspecified atom stereocenters. The third kappa shape index (κ3) is 7.36. The first-order valence-electron chi connectivity index (χ1n) is 11.7. The molecule has 1 heterocycles. The van der Waals surface area contributed by atoms with Gasteiger partial charge in [-0.15, -0.1) is 0 Å². The highest BCUT2D eigenvalue weighted by molar-refractivity contribution is 7.90. The van der Waals surface area contributed by atoms with E-state index in [-0.39, 0.29) is 23.1 Å². The summed E-state index contributed by atoms with van der Waals surface area (Å²) in [5.74, 6) is -1.15. The quantitative estimate of drug-likeness (QED) is 0.415. The van der Waals surface area contributed by atoms with Crippen LogP contribution in [0.3, 0.4) is 0 Å². The van der Waals surface area contributed by atoms with Crippen molar-refractivity contribution < 1.29 is 27.1 Å². The Morgan fingerprint density at radius 2 is 1.78 bits per heavy atom. The van der Waals surface area contributed by atoms with Crippen LogP contribution in [0, 0.1) is 5.82 Å². The first kappa shape index (κ1) is 27.8. The van der Waals surface area contributed by atoms with Crippen LogP contribution in [0.15, 0.2) is 59.6 Å². The zero-order chi connectivity index (χ0) is 27.2. The van der Waals surface area contributed by atoms with E-state index in [1.54, 1.807) is 24.3 Å². The molecule has 196 valence electrons. The molecule has 0 saturated carbocycles. The van der Waals surface area contributed by atoms with Crippen LogP contribution in [0.25, 0.3) is 11.1 Å². The molecule has 10 heteroatoms. The van der Waals surface area contributed by atoms with E-state index >= 15 is 0 Å². The number of ether oxygens (including phenoxy) is 1. The monoisotopic (exact) mass is 527 g/mol. The maximum atomic E-state index is 14.6. The molecule has 3 rings (SSSR count). The summed E-state index contributed by atoms with van der Waals surface area (Å²) >= 11 is 0. The van der Waals surface area contributed by atoms with Gasteiger partial charge in [0.1, 0.15) is 5.82 Å². The van der Waals surface area contributed by atoms with E-state index in [4.69, 9.17) is 4.74 Å². The minimum Gasteiger partial charge on any atom is -0.481 e. The summed E-state index contributed by atoms with van der Waals surface area (Å²) in [6.45, 7) is 5.60. The third-order valence-corrected chi connectivity index (χ3v) is 7.12. The number of carbonyl (C=O) groups is 2. The second-order valence-electron chi connectivity index (χ2n) is 8.85. The van der Waals surface area contributed by atoms with Crippen molar-refractivity contribution in [3.8, 4) is 17.0 Å². The standard InChI is InChI=1S/C27H30FN3O5S/c1-17(2)23-14-21(28)15-24(20-10-12-30-27(13-20)36-4)25(23)16-26(33)31-37(34,35)22-7-5-19(6-8-22)9-11-29-18(3)32/h5-8,10,12-15,17H,9,11,16H2,1-4H3,(H,29,32)(H,31,33). The van der Waals surface area contributed by atoms with Crippen LogP contribution in [0.4, 0.5) is 4.39 Å². The molecule has 0 aliphatic rings. The Labute approximate surface area is 216 Å². The minimum atomic E-state index is -4.13. The molecule has 0 atom stereocenters. The smallest absolute Gasteiger partial charge is 0.264 e. The van der Waals surface area contributed by atoms with Gasteiger partial charge in [-0.25, -0.2) is 22.5 Å². The highest BCUT2D eigenvalue weighted by atomic mass is 32.2. The van der Waals surface area contributed by atoms with Gasteiger partial charge in [-0.1, -0.05) is 26.0 Å². The summed E-state index contributed by atoms with van der Waals surface area (Å²) in [5.41, 5.74) is 3.01. The second kappa shape index (κ2) is 12.0. The van der Waals surface area contributed by atoms with Crippen molar-refractivity contribution in [1.82, 2.24) is 15.0 Å². The molecule has 0 fully saturated rings. The Balaban J connectivity index is 1.85. The molecule has 0 radical (unpaired) electrons. The van der Waals surface area contributed by atoms with Gasteiger partial charge in [0.05, 0.1) is 18.4 Å². The molecule has 3 aromatic rings. The number of sulfonamides is 1. The Morgan fingerprint density at radius 3 is 2.41 bits per heavy atom. The maximum Gasteiger partial charge on any atom is 0.264 e. The van der Waals surface area contributed by atoms with Crippen molar-refractivity contribution in [2.75, 3.05) is 13.7 Å². The molecule has 1 aromatic heterocycles. The Bertz CT molecular complexity index is 1390. The fourth-order valence-corrected chi connectivity index (χ4v) is 4.92. The maximum absolute atomic E-state index is 14.6. The number of rotatable bonds is 10. The summed E-state index contributed by atoms with van der Waals surface area (Å²) in [4.78, 5) is 28.0. The van der Waals surface area contributed by atoms with E-state index in [0.29, 0.717) is 41.1 Å². The van der Waals surface area contributed by atoms with Gasteiger partial charge in [-0.2, -0.15) is 0 Å². The van der Waals surface area contributed by atoms with Crippen molar-refractivity contribution in [3.63, 3.8) is 0 Å². The number of benzene rings is 2. The molecular formula is C27H30FN3O5S. The van der Waals surface area contributed by atoms with Gasteiger partial charge in [0.2, 0.25) is 17.7 Å². The topological polar surface area (TPSA) is 114 Å². The van der Waals surface area contributed by atoms with Crippen molar-refractivity contribution in [2.45, 2.75) is 44.4 Å². The lowest BCUT2D eigenvalue weighted by molar-refractivity contribution is -0.119. The number of hydrogen-bond donors (Lipinski definition) is 2. The predicted octanol–water partition coefficient (Wildman–Crippen LogP) is 3.75. The van der Waals surface area contributed by atoms with E-state index < -0.39 is 21.7 Å². The minimum absolute atomic E-state index is 0.0635. The van der Waals surface area contributed by atoms with Gasteiger partial charge in [-0.05, 0) is 70.5 Å². The summed E-state index contributed by atoms with van der Waals surface area (Å²) in [6.07, 6.45) is 1.78. The second-order valence-corrected chi connectivity index (χ2v) is 10.5. The van der Waals surface area contributed by atoms with E-state index in [0.717, 1.165) is 5.56 Å². The van der Waals surface area contributed by atoms with E-state index in [2.05, 4.69) is 15.0 Å². The largest absolute Gasteiger partial charge is 0.481 e. The lowest BCUT2D eigenvalue weighted by Gasteiger charge is -2.18. The molecule has 2 amide bonds. The Hall–Kier alpha value is -3.79. The number of nitrogens with zero attached hydrogens (tertiary/aromatic N) is 1. The van der Waals surface area contributed by atoms with Crippen LogP contribution in [0.5, 0.6) is 5.88 Å². The summed E-state index contributed by atoms with van der Waals surface area (Å²) in [6, 6.07) is 12.1. The fourth-order valence-electron chi connectivity index (χ4n) is 3.94. The number of pyridine rings is 1. The summed E-state index contributed by atoms with van der Waals surface area (Å²) in [5, 5.41) is 2.68. The highest BCUT2D eigenvalue weighted by Crippen LogP contribution is 2.33. The number of aromatic nitrogens is 1. The van der Waals surface area contributed by atoms with Crippen LogP contribution < -0.4 is 14.8 Å². The molecule has 8 nitrogen and oxygen atoms in total. The van der Waals surface area contributed by atoms with E-state index in [1.807, 2.05) is 13.8 Å². The van der Waals surface area contributed by atoms with Crippen LogP contribution in [0.1, 0.15) is 43.4 Å². The van der Waals surface area contributed by atoms with Gasteiger partial charge in [-0.3, -0.25) is 9.59 Å². The molecule has 0 bridgehead atoms. The van der Waals surface area contributed by atoms with Crippen molar-refractivity contribution in [1.29, 1.82) is 0 Å². The molecule has 2 N–H and O–H groups in total. The number of carbonyl (C=O) groups excluding carboxylic acids is 2. The van der Waals surface area contributed by atoms with Crippen molar-refractivity contribution in [2.24, 2.45) is 0 Å². The van der Waals surface area contributed by atoms with Crippen molar-refractivity contribution >= 4 is 21.8 Å². The van der Waals surface area contributed by atoms with Gasteiger partial charge in [0.25, 0.3) is 10.0 Å². The van der Waals surface area contributed by atoms with Gasteiger partial charge in [0.15, 0.2) is 0 Å².